The first kappa shape index (κ1) is 13.2. The number of nitrogens with zero attached hydrogens (tertiary/aromatic N) is 1. The van der Waals surface area contributed by atoms with Gasteiger partial charge in [-0.05, 0) is 24.3 Å². The van der Waals surface area contributed by atoms with Crippen LogP contribution in [0.5, 0.6) is 5.75 Å². The fourth-order valence-electron chi connectivity index (χ4n) is 1.83. The number of hydrogen-bond donors (Lipinski definition) is 1. The molecule has 0 amide bonds. The molecule has 100 valence electrons. The number of anilines is 1. The third kappa shape index (κ3) is 3.89. The molecule has 0 spiro atoms. The number of nitrogens with two attached hydrogens (primary N) is 1. The van der Waals surface area contributed by atoms with Crippen LogP contribution >= 0.6 is 0 Å². The topological polar surface area (TPSA) is 72.6 Å². The molecule has 0 aromatic heterocycles. The lowest BCUT2D eigenvalue weighted by molar-refractivity contribution is 0.219. The zero-order chi connectivity index (χ0) is 13.0. The first-order valence-corrected chi connectivity index (χ1v) is 7.78. The molecule has 1 aliphatic heterocycles. The van der Waals surface area contributed by atoms with Crippen molar-refractivity contribution in [1.82, 2.24) is 4.90 Å². The number of benzene rings is 1. The zero-order valence-electron chi connectivity index (χ0n) is 10.2. The Bertz CT molecular complexity index is 471. The fourth-order valence-corrected chi connectivity index (χ4v) is 3.11. The first-order chi connectivity index (χ1) is 8.55. The average Bonchev–Trinajstić information content (AvgIpc) is 2.34. The number of ether oxygens (including phenoxy) is 1. The molecule has 1 heterocycles. The Hall–Kier alpha value is -1.27. The molecule has 0 bridgehead atoms. The maximum atomic E-state index is 11.3. The molecule has 0 saturated carbocycles. The summed E-state index contributed by atoms with van der Waals surface area (Å²) in [5.41, 5.74) is 6.29. The first-order valence-electron chi connectivity index (χ1n) is 5.96. The van der Waals surface area contributed by atoms with Gasteiger partial charge in [0.2, 0.25) is 0 Å². The van der Waals surface area contributed by atoms with Gasteiger partial charge in [0.1, 0.15) is 12.4 Å². The number of sulfone groups is 1. The lowest BCUT2D eigenvalue weighted by Crippen LogP contribution is -2.42. The van der Waals surface area contributed by atoms with Crippen LogP contribution in [-0.2, 0) is 9.84 Å². The van der Waals surface area contributed by atoms with E-state index in [1.54, 1.807) is 12.1 Å². The van der Waals surface area contributed by atoms with Crippen molar-refractivity contribution >= 4 is 15.5 Å². The summed E-state index contributed by atoms with van der Waals surface area (Å²) in [6.07, 6.45) is 0. The molecule has 0 unspecified atom stereocenters. The van der Waals surface area contributed by atoms with Crippen LogP contribution in [-0.4, -0.2) is 51.1 Å². The van der Waals surface area contributed by atoms with Gasteiger partial charge in [-0.1, -0.05) is 0 Å². The third-order valence-electron chi connectivity index (χ3n) is 2.99. The minimum Gasteiger partial charge on any atom is -0.492 e. The van der Waals surface area contributed by atoms with E-state index in [0.717, 1.165) is 12.3 Å². The lowest BCUT2D eigenvalue weighted by Gasteiger charge is -2.26. The van der Waals surface area contributed by atoms with Gasteiger partial charge in [-0.25, -0.2) is 8.42 Å². The number of nitrogen functional groups attached to an aromatic ring is 1. The molecule has 1 fully saturated rings. The van der Waals surface area contributed by atoms with Crippen molar-refractivity contribution in [3.63, 3.8) is 0 Å². The average molecular weight is 270 g/mol. The van der Waals surface area contributed by atoms with Gasteiger partial charge in [0.05, 0.1) is 11.5 Å². The second-order valence-electron chi connectivity index (χ2n) is 4.41. The second kappa shape index (κ2) is 5.58. The smallest absolute Gasteiger partial charge is 0.152 e. The van der Waals surface area contributed by atoms with E-state index in [1.807, 2.05) is 12.1 Å². The molecule has 1 aromatic rings. The van der Waals surface area contributed by atoms with Gasteiger partial charge in [0.25, 0.3) is 0 Å². The SMILES string of the molecule is Nc1ccc(OCCN2CCS(=O)(=O)CC2)cc1. The van der Waals surface area contributed by atoms with E-state index in [9.17, 15) is 8.42 Å². The molecule has 2 N–H and O–H groups in total. The molecule has 1 aromatic carbocycles. The van der Waals surface area contributed by atoms with Crippen LogP contribution in [0, 0.1) is 0 Å². The van der Waals surface area contributed by atoms with Crippen LogP contribution in [0.3, 0.4) is 0 Å². The van der Waals surface area contributed by atoms with E-state index in [2.05, 4.69) is 4.90 Å². The Morgan fingerprint density at radius 1 is 1.17 bits per heavy atom. The molecule has 5 nitrogen and oxygen atoms in total. The van der Waals surface area contributed by atoms with Gasteiger partial charge in [-0.2, -0.15) is 0 Å². The van der Waals surface area contributed by atoms with Gasteiger partial charge in [-0.15, -0.1) is 0 Å². The summed E-state index contributed by atoms with van der Waals surface area (Å²) in [7, 11) is -2.79. The van der Waals surface area contributed by atoms with E-state index >= 15 is 0 Å². The number of rotatable bonds is 4. The summed E-state index contributed by atoms with van der Waals surface area (Å²) < 4.78 is 28.1. The Balaban J connectivity index is 1.71. The molecule has 1 aliphatic rings. The predicted molar refractivity (Wildman–Crippen MR) is 71.4 cm³/mol. The highest BCUT2D eigenvalue weighted by atomic mass is 32.2. The Labute approximate surface area is 107 Å². The monoisotopic (exact) mass is 270 g/mol. The molecule has 1 saturated heterocycles. The Morgan fingerprint density at radius 2 is 1.78 bits per heavy atom. The van der Waals surface area contributed by atoms with E-state index in [4.69, 9.17) is 10.5 Å². The summed E-state index contributed by atoms with van der Waals surface area (Å²) in [6.45, 7) is 2.52. The predicted octanol–water partition coefficient (Wildman–Crippen LogP) is 0.378. The highest BCUT2D eigenvalue weighted by Crippen LogP contribution is 2.13. The van der Waals surface area contributed by atoms with Gasteiger partial charge in [-0.3, -0.25) is 4.90 Å². The highest BCUT2D eigenvalue weighted by molar-refractivity contribution is 7.91. The van der Waals surface area contributed by atoms with E-state index in [-0.39, 0.29) is 11.5 Å². The van der Waals surface area contributed by atoms with Gasteiger partial charge in [0, 0.05) is 25.3 Å². The van der Waals surface area contributed by atoms with Crippen molar-refractivity contribution in [2.75, 3.05) is 43.5 Å². The standard InChI is InChI=1S/C12H18N2O3S/c13-11-1-3-12(4-2-11)17-8-5-14-6-9-18(15,16)10-7-14/h1-4H,5-10,13H2. The van der Waals surface area contributed by atoms with Crippen molar-refractivity contribution in [3.8, 4) is 5.75 Å². The highest BCUT2D eigenvalue weighted by Gasteiger charge is 2.20. The fraction of sp³-hybridized carbons (Fsp3) is 0.500. The van der Waals surface area contributed by atoms with Gasteiger partial charge < -0.3 is 10.5 Å². The van der Waals surface area contributed by atoms with Crippen LogP contribution in [0.4, 0.5) is 5.69 Å². The normalized spacial score (nSPS) is 19.6. The van der Waals surface area contributed by atoms with Crippen LogP contribution in [0.1, 0.15) is 0 Å². The van der Waals surface area contributed by atoms with E-state index in [0.29, 0.717) is 25.4 Å². The quantitative estimate of drug-likeness (QED) is 0.801. The van der Waals surface area contributed by atoms with Crippen LogP contribution in [0.25, 0.3) is 0 Å². The summed E-state index contributed by atoms with van der Waals surface area (Å²) >= 11 is 0. The minimum absolute atomic E-state index is 0.259. The largest absolute Gasteiger partial charge is 0.492 e. The summed E-state index contributed by atoms with van der Waals surface area (Å²) in [6, 6.07) is 7.25. The molecule has 2 rings (SSSR count). The van der Waals surface area contributed by atoms with Crippen LogP contribution in [0.15, 0.2) is 24.3 Å². The molecular weight excluding hydrogens is 252 g/mol. The van der Waals surface area contributed by atoms with Crippen molar-refractivity contribution in [2.45, 2.75) is 0 Å². The van der Waals surface area contributed by atoms with Crippen LogP contribution in [0.2, 0.25) is 0 Å². The third-order valence-corrected chi connectivity index (χ3v) is 4.60. The summed E-state index contributed by atoms with van der Waals surface area (Å²) in [4.78, 5) is 2.11. The van der Waals surface area contributed by atoms with E-state index in [1.165, 1.54) is 0 Å². The molecule has 6 heteroatoms. The molecule has 18 heavy (non-hydrogen) atoms. The second-order valence-corrected chi connectivity index (χ2v) is 6.71. The van der Waals surface area contributed by atoms with Gasteiger partial charge >= 0.3 is 0 Å². The van der Waals surface area contributed by atoms with Crippen molar-refractivity contribution in [2.24, 2.45) is 0 Å². The van der Waals surface area contributed by atoms with Crippen LogP contribution < -0.4 is 10.5 Å². The van der Waals surface area contributed by atoms with E-state index < -0.39 is 9.84 Å². The maximum Gasteiger partial charge on any atom is 0.152 e. The molecular formula is C12H18N2O3S. The Kier molecular flexibility index (Phi) is 4.08. The summed E-state index contributed by atoms with van der Waals surface area (Å²) in [5, 5.41) is 0. The molecule has 0 atom stereocenters. The lowest BCUT2D eigenvalue weighted by atomic mass is 10.3. The van der Waals surface area contributed by atoms with Gasteiger partial charge in [0.15, 0.2) is 9.84 Å². The minimum atomic E-state index is -2.79. The summed E-state index contributed by atoms with van der Waals surface area (Å²) in [5.74, 6) is 1.30. The number of hydrogen-bond acceptors (Lipinski definition) is 5. The van der Waals surface area contributed by atoms with Crippen molar-refractivity contribution in [1.29, 1.82) is 0 Å². The maximum absolute atomic E-state index is 11.3. The van der Waals surface area contributed by atoms with Crippen molar-refractivity contribution in [3.05, 3.63) is 24.3 Å². The Morgan fingerprint density at radius 3 is 2.39 bits per heavy atom. The molecule has 0 radical (unpaired) electrons. The zero-order valence-corrected chi connectivity index (χ0v) is 11.0. The van der Waals surface area contributed by atoms with Crippen molar-refractivity contribution < 1.29 is 13.2 Å². The molecule has 0 aliphatic carbocycles.